The van der Waals surface area contributed by atoms with E-state index in [2.05, 4.69) is 5.32 Å². The molecule has 0 fully saturated rings. The number of sulfone groups is 1. The molecule has 1 aromatic carbocycles. The summed E-state index contributed by atoms with van der Waals surface area (Å²) in [6.45, 7) is 1.90. The Balaban J connectivity index is 2.46. The number of hydrogen-bond acceptors (Lipinski definition) is 7. The maximum absolute atomic E-state index is 12.4. The van der Waals surface area contributed by atoms with Crippen LogP contribution < -0.4 is 5.32 Å². The number of carbonyl (C=O) groups is 1. The SMILES string of the molecule is CCc1cc(C#N)c(NC(=O)c2cc([N+](=O)[O-])cc(S(C)(=O)=O)c2)s1. The van der Waals surface area contributed by atoms with Crippen LogP contribution in [0.15, 0.2) is 29.2 Å². The molecule has 8 nitrogen and oxygen atoms in total. The van der Waals surface area contributed by atoms with Crippen molar-refractivity contribution < 1.29 is 18.1 Å². The molecular formula is C15H13N3O5S2. The van der Waals surface area contributed by atoms with E-state index in [9.17, 15) is 23.3 Å². The first-order chi connectivity index (χ1) is 11.7. The average Bonchev–Trinajstić information content (AvgIpc) is 2.95. The molecule has 2 aromatic rings. The molecule has 1 amide bonds. The summed E-state index contributed by atoms with van der Waals surface area (Å²) >= 11 is 1.22. The molecule has 1 aromatic heterocycles. The number of aryl methyl sites for hydroxylation is 1. The van der Waals surface area contributed by atoms with E-state index < -0.39 is 26.4 Å². The van der Waals surface area contributed by atoms with Crippen molar-refractivity contribution in [1.82, 2.24) is 0 Å². The Morgan fingerprint density at radius 1 is 1.36 bits per heavy atom. The van der Waals surface area contributed by atoms with Crippen LogP contribution in [-0.4, -0.2) is 25.5 Å². The van der Waals surface area contributed by atoms with E-state index in [0.717, 1.165) is 29.3 Å². The van der Waals surface area contributed by atoms with Crippen molar-refractivity contribution in [3.63, 3.8) is 0 Å². The first kappa shape index (κ1) is 18.6. The number of anilines is 1. The lowest BCUT2D eigenvalue weighted by Gasteiger charge is -2.06. The van der Waals surface area contributed by atoms with Gasteiger partial charge in [0, 0.05) is 28.8 Å². The zero-order valence-electron chi connectivity index (χ0n) is 13.3. The maximum Gasteiger partial charge on any atom is 0.271 e. The number of amides is 1. The van der Waals surface area contributed by atoms with Gasteiger partial charge in [0.15, 0.2) is 9.84 Å². The van der Waals surface area contributed by atoms with E-state index in [1.54, 1.807) is 6.07 Å². The van der Waals surface area contributed by atoms with Crippen molar-refractivity contribution in [2.24, 2.45) is 0 Å². The van der Waals surface area contributed by atoms with Crippen LogP contribution in [-0.2, 0) is 16.3 Å². The number of nitrogens with one attached hydrogen (secondary N) is 1. The van der Waals surface area contributed by atoms with E-state index in [1.165, 1.54) is 11.3 Å². The minimum atomic E-state index is -3.73. The van der Waals surface area contributed by atoms with Gasteiger partial charge in [-0.2, -0.15) is 5.26 Å². The predicted octanol–water partition coefficient (Wildman–Crippen LogP) is 2.75. The van der Waals surface area contributed by atoms with Crippen molar-refractivity contribution in [3.8, 4) is 6.07 Å². The summed E-state index contributed by atoms with van der Waals surface area (Å²) in [6, 6.07) is 6.57. The molecule has 0 bridgehead atoms. The Bertz CT molecular complexity index is 1000. The van der Waals surface area contributed by atoms with Gasteiger partial charge in [-0.15, -0.1) is 11.3 Å². The fraction of sp³-hybridized carbons (Fsp3) is 0.200. The van der Waals surface area contributed by atoms with Gasteiger partial charge in [0.2, 0.25) is 0 Å². The monoisotopic (exact) mass is 379 g/mol. The standard InChI is InChI=1S/C15H13N3O5S2/c1-3-12-5-10(8-16)15(24-12)17-14(19)9-4-11(18(20)21)7-13(6-9)25(2,22)23/h4-7H,3H2,1-2H3,(H,17,19). The summed E-state index contributed by atoms with van der Waals surface area (Å²) in [5.41, 5.74) is -0.400. The Kier molecular flexibility index (Phi) is 5.20. The van der Waals surface area contributed by atoms with Crippen LogP contribution in [0.4, 0.5) is 10.7 Å². The summed E-state index contributed by atoms with van der Waals surface area (Å²) < 4.78 is 23.4. The Morgan fingerprint density at radius 3 is 2.56 bits per heavy atom. The number of nitrogens with zero attached hydrogens (tertiary/aromatic N) is 2. The first-order valence-electron chi connectivity index (χ1n) is 6.99. The van der Waals surface area contributed by atoms with Gasteiger partial charge in [-0.1, -0.05) is 6.92 Å². The average molecular weight is 379 g/mol. The lowest BCUT2D eigenvalue weighted by molar-refractivity contribution is -0.385. The van der Waals surface area contributed by atoms with Crippen molar-refractivity contribution >= 4 is 37.8 Å². The third kappa shape index (κ3) is 4.20. The van der Waals surface area contributed by atoms with Crippen molar-refractivity contribution in [3.05, 3.63) is 50.4 Å². The number of thiophene rings is 1. The molecule has 0 aliphatic rings. The normalized spacial score (nSPS) is 10.9. The van der Waals surface area contributed by atoms with Crippen LogP contribution in [0.1, 0.15) is 27.7 Å². The molecule has 0 saturated heterocycles. The minimum absolute atomic E-state index is 0.176. The van der Waals surface area contributed by atoms with Gasteiger partial charge in [0.25, 0.3) is 11.6 Å². The van der Waals surface area contributed by atoms with Crippen LogP contribution >= 0.6 is 11.3 Å². The summed E-state index contributed by atoms with van der Waals surface area (Å²) in [5, 5.41) is 22.9. The van der Waals surface area contributed by atoms with Crippen LogP contribution in [0, 0.1) is 21.4 Å². The third-order valence-corrected chi connectivity index (χ3v) is 5.56. The smallest absolute Gasteiger partial charge is 0.271 e. The Hall–Kier alpha value is -2.77. The molecule has 0 aliphatic carbocycles. The first-order valence-corrected chi connectivity index (χ1v) is 9.70. The second-order valence-electron chi connectivity index (χ2n) is 5.12. The van der Waals surface area contributed by atoms with E-state index in [1.807, 2.05) is 13.0 Å². The van der Waals surface area contributed by atoms with Gasteiger partial charge in [0.1, 0.15) is 11.1 Å². The fourth-order valence-corrected chi connectivity index (χ4v) is 3.62. The number of non-ortho nitro benzene ring substituents is 1. The highest BCUT2D eigenvalue weighted by atomic mass is 32.2. The molecule has 0 radical (unpaired) electrons. The van der Waals surface area contributed by atoms with Gasteiger partial charge in [0.05, 0.1) is 15.4 Å². The summed E-state index contributed by atoms with van der Waals surface area (Å²) in [5.74, 6) is -0.727. The van der Waals surface area contributed by atoms with Crippen LogP contribution in [0.5, 0.6) is 0 Å². The number of rotatable bonds is 5. The summed E-state index contributed by atoms with van der Waals surface area (Å²) in [7, 11) is -3.73. The highest BCUT2D eigenvalue weighted by molar-refractivity contribution is 7.90. The minimum Gasteiger partial charge on any atom is -0.312 e. The molecule has 10 heteroatoms. The van der Waals surface area contributed by atoms with E-state index >= 15 is 0 Å². The maximum atomic E-state index is 12.4. The van der Waals surface area contributed by atoms with Crippen molar-refractivity contribution in [1.29, 1.82) is 5.26 Å². The molecule has 0 aliphatic heterocycles. The van der Waals surface area contributed by atoms with E-state index in [4.69, 9.17) is 5.26 Å². The lowest BCUT2D eigenvalue weighted by Crippen LogP contribution is -2.13. The molecule has 0 atom stereocenters. The molecule has 2 rings (SSSR count). The number of nitriles is 1. The number of nitro groups is 1. The second-order valence-corrected chi connectivity index (χ2v) is 8.27. The molecule has 130 valence electrons. The van der Waals surface area contributed by atoms with Gasteiger partial charge in [-0.3, -0.25) is 14.9 Å². The third-order valence-electron chi connectivity index (χ3n) is 3.27. The largest absolute Gasteiger partial charge is 0.312 e. The highest BCUT2D eigenvalue weighted by Crippen LogP contribution is 2.29. The summed E-state index contributed by atoms with van der Waals surface area (Å²) in [4.78, 5) is 23.2. The Labute approximate surface area is 147 Å². The fourth-order valence-electron chi connectivity index (χ4n) is 2.00. The number of nitro benzene ring substituents is 1. The van der Waals surface area contributed by atoms with Gasteiger partial charge in [-0.05, 0) is 18.6 Å². The topological polar surface area (TPSA) is 130 Å². The lowest BCUT2D eigenvalue weighted by atomic mass is 10.2. The van der Waals surface area contributed by atoms with E-state index in [-0.39, 0.29) is 16.0 Å². The van der Waals surface area contributed by atoms with Crippen molar-refractivity contribution in [2.45, 2.75) is 18.2 Å². The Morgan fingerprint density at radius 2 is 2.04 bits per heavy atom. The zero-order valence-corrected chi connectivity index (χ0v) is 14.9. The number of hydrogen-bond donors (Lipinski definition) is 1. The van der Waals surface area contributed by atoms with Crippen molar-refractivity contribution in [2.75, 3.05) is 11.6 Å². The highest BCUT2D eigenvalue weighted by Gasteiger charge is 2.20. The molecule has 1 N–H and O–H groups in total. The number of benzene rings is 1. The molecule has 0 unspecified atom stereocenters. The molecular weight excluding hydrogens is 366 g/mol. The van der Waals surface area contributed by atoms with Crippen LogP contribution in [0.2, 0.25) is 0 Å². The number of carbonyl (C=O) groups excluding carboxylic acids is 1. The summed E-state index contributed by atoms with van der Waals surface area (Å²) in [6.07, 6.45) is 1.58. The van der Waals surface area contributed by atoms with Crippen LogP contribution in [0.3, 0.4) is 0 Å². The van der Waals surface area contributed by atoms with Gasteiger partial charge < -0.3 is 5.32 Å². The molecule has 0 saturated carbocycles. The molecule has 25 heavy (non-hydrogen) atoms. The molecule has 0 spiro atoms. The zero-order chi connectivity index (χ0) is 18.8. The van der Waals surface area contributed by atoms with Crippen LogP contribution in [0.25, 0.3) is 0 Å². The second kappa shape index (κ2) is 7.00. The van der Waals surface area contributed by atoms with Gasteiger partial charge >= 0.3 is 0 Å². The quantitative estimate of drug-likeness (QED) is 0.628. The van der Waals surface area contributed by atoms with E-state index in [0.29, 0.717) is 11.4 Å². The van der Waals surface area contributed by atoms with Gasteiger partial charge in [-0.25, -0.2) is 8.42 Å². The predicted molar refractivity (Wildman–Crippen MR) is 92.6 cm³/mol. The molecule has 1 heterocycles.